The molecule has 0 N–H and O–H groups in total. The number of thiazole rings is 1. The highest BCUT2D eigenvalue weighted by molar-refractivity contribution is 7.17. The minimum atomic E-state index is -0.291. The summed E-state index contributed by atoms with van der Waals surface area (Å²) in [7, 11) is 0. The predicted octanol–water partition coefficient (Wildman–Crippen LogP) is 4.66. The SMILES string of the molecule is Cc1ccc(F)c(-c2nc(C)c(C(=O)N3CCC(N4CCCCC4)CC3)s2)c1. The third kappa shape index (κ3) is 3.98. The van der Waals surface area contributed by atoms with E-state index in [-0.39, 0.29) is 11.7 Å². The molecule has 2 aliphatic rings. The zero-order valence-electron chi connectivity index (χ0n) is 16.7. The zero-order chi connectivity index (χ0) is 19.7. The van der Waals surface area contributed by atoms with Gasteiger partial charge in [-0.25, -0.2) is 9.37 Å². The fourth-order valence-corrected chi connectivity index (χ4v) is 5.43. The minimum absolute atomic E-state index is 0.0476. The number of benzene rings is 1. The average Bonchev–Trinajstić information content (AvgIpc) is 3.11. The highest BCUT2D eigenvalue weighted by atomic mass is 32.1. The van der Waals surface area contributed by atoms with Gasteiger partial charge < -0.3 is 9.80 Å². The number of nitrogens with zero attached hydrogens (tertiary/aromatic N) is 3. The lowest BCUT2D eigenvalue weighted by Crippen LogP contribution is -2.48. The molecular formula is C22H28FN3OS. The number of hydrogen-bond acceptors (Lipinski definition) is 4. The van der Waals surface area contributed by atoms with E-state index < -0.39 is 0 Å². The van der Waals surface area contributed by atoms with Crippen LogP contribution in [0.15, 0.2) is 18.2 Å². The summed E-state index contributed by atoms with van der Waals surface area (Å²) in [6.45, 7) is 7.79. The smallest absolute Gasteiger partial charge is 0.265 e. The number of aryl methyl sites for hydroxylation is 2. The van der Waals surface area contributed by atoms with E-state index in [1.807, 2.05) is 18.7 Å². The van der Waals surface area contributed by atoms with Crippen LogP contribution in [-0.4, -0.2) is 52.9 Å². The Labute approximate surface area is 170 Å². The second-order valence-corrected chi connectivity index (χ2v) is 9.04. The maximum absolute atomic E-state index is 14.2. The Morgan fingerprint density at radius 2 is 1.82 bits per heavy atom. The molecule has 0 radical (unpaired) electrons. The number of amides is 1. The van der Waals surface area contributed by atoms with Crippen LogP contribution in [0.25, 0.3) is 10.6 Å². The Kier molecular flexibility index (Phi) is 5.78. The fourth-order valence-electron chi connectivity index (χ4n) is 4.37. The molecule has 3 heterocycles. The van der Waals surface area contributed by atoms with E-state index >= 15 is 0 Å². The van der Waals surface area contributed by atoms with E-state index in [1.165, 1.54) is 49.8 Å². The van der Waals surface area contributed by atoms with E-state index in [1.54, 1.807) is 12.1 Å². The molecule has 4 rings (SSSR count). The Hall–Kier alpha value is -1.79. The van der Waals surface area contributed by atoms with E-state index in [0.717, 1.165) is 31.5 Å². The van der Waals surface area contributed by atoms with Crippen molar-refractivity contribution in [1.82, 2.24) is 14.8 Å². The standard InChI is InChI=1S/C22H28FN3OS/c1-15-6-7-19(23)18(14-15)21-24-16(2)20(28-21)22(27)26-12-8-17(9-13-26)25-10-4-3-5-11-25/h6-7,14,17H,3-5,8-13H2,1-2H3. The maximum atomic E-state index is 14.2. The molecule has 0 unspecified atom stereocenters. The molecule has 1 aromatic carbocycles. The lowest BCUT2D eigenvalue weighted by Gasteiger charge is -2.40. The summed E-state index contributed by atoms with van der Waals surface area (Å²) < 4.78 is 14.2. The van der Waals surface area contributed by atoms with E-state index in [0.29, 0.717) is 27.2 Å². The second kappa shape index (κ2) is 8.29. The van der Waals surface area contributed by atoms with Crippen molar-refractivity contribution >= 4 is 17.2 Å². The summed E-state index contributed by atoms with van der Waals surface area (Å²) in [5.41, 5.74) is 2.16. The minimum Gasteiger partial charge on any atom is -0.338 e. The first-order valence-corrected chi connectivity index (χ1v) is 11.1. The molecule has 0 bridgehead atoms. The van der Waals surface area contributed by atoms with Gasteiger partial charge in [-0.3, -0.25) is 4.79 Å². The molecule has 6 heteroatoms. The zero-order valence-corrected chi connectivity index (χ0v) is 17.5. The number of aromatic nitrogens is 1. The largest absolute Gasteiger partial charge is 0.338 e. The van der Waals surface area contributed by atoms with E-state index in [9.17, 15) is 9.18 Å². The van der Waals surface area contributed by atoms with E-state index in [4.69, 9.17) is 0 Å². The number of hydrogen-bond donors (Lipinski definition) is 0. The summed E-state index contributed by atoms with van der Waals surface area (Å²) in [4.78, 5) is 22.8. The molecule has 0 atom stereocenters. The summed E-state index contributed by atoms with van der Waals surface area (Å²) in [6, 6.07) is 5.63. The van der Waals surface area contributed by atoms with Gasteiger partial charge in [0.1, 0.15) is 15.7 Å². The van der Waals surface area contributed by atoms with Crippen molar-refractivity contribution in [2.24, 2.45) is 0 Å². The molecule has 0 saturated carbocycles. The van der Waals surface area contributed by atoms with Crippen LogP contribution in [0.5, 0.6) is 0 Å². The first kappa shape index (κ1) is 19.5. The second-order valence-electron chi connectivity index (χ2n) is 8.04. The monoisotopic (exact) mass is 401 g/mol. The van der Waals surface area contributed by atoms with E-state index in [2.05, 4.69) is 9.88 Å². The van der Waals surface area contributed by atoms with Crippen LogP contribution in [0.1, 0.15) is 53.0 Å². The van der Waals surface area contributed by atoms with Crippen molar-refractivity contribution < 1.29 is 9.18 Å². The van der Waals surface area contributed by atoms with Gasteiger partial charge in [-0.05, 0) is 64.8 Å². The van der Waals surface area contributed by atoms with Gasteiger partial charge in [0, 0.05) is 24.7 Å². The van der Waals surface area contributed by atoms with Crippen molar-refractivity contribution in [3.8, 4) is 10.6 Å². The van der Waals surface area contributed by atoms with Crippen LogP contribution in [-0.2, 0) is 0 Å². The van der Waals surface area contributed by atoms with Crippen molar-refractivity contribution in [2.45, 2.75) is 52.0 Å². The number of halogens is 1. The van der Waals surface area contributed by atoms with Crippen LogP contribution < -0.4 is 0 Å². The molecule has 2 aromatic rings. The maximum Gasteiger partial charge on any atom is 0.265 e. The average molecular weight is 402 g/mol. The van der Waals surface area contributed by atoms with Gasteiger partial charge in [0.05, 0.1) is 5.69 Å². The molecule has 1 amide bonds. The molecule has 0 spiro atoms. The number of carbonyl (C=O) groups is 1. The van der Waals surface area contributed by atoms with Gasteiger partial charge >= 0.3 is 0 Å². The third-order valence-electron chi connectivity index (χ3n) is 6.00. The van der Waals surface area contributed by atoms with Crippen molar-refractivity contribution in [1.29, 1.82) is 0 Å². The third-order valence-corrected chi connectivity index (χ3v) is 7.18. The van der Waals surface area contributed by atoms with Gasteiger partial charge in [-0.2, -0.15) is 0 Å². The van der Waals surface area contributed by atoms with Gasteiger partial charge in [0.2, 0.25) is 0 Å². The number of piperidine rings is 2. The molecule has 150 valence electrons. The first-order chi connectivity index (χ1) is 13.5. The van der Waals surface area contributed by atoms with Crippen LogP contribution in [0, 0.1) is 19.7 Å². The molecule has 4 nitrogen and oxygen atoms in total. The lowest BCUT2D eigenvalue weighted by atomic mass is 10.00. The molecule has 2 aliphatic heterocycles. The molecule has 2 saturated heterocycles. The number of carbonyl (C=O) groups excluding carboxylic acids is 1. The Bertz CT molecular complexity index is 851. The van der Waals surface area contributed by atoms with Gasteiger partial charge in [0.25, 0.3) is 5.91 Å². The molecule has 2 fully saturated rings. The lowest BCUT2D eigenvalue weighted by molar-refractivity contribution is 0.0593. The van der Waals surface area contributed by atoms with Crippen molar-refractivity contribution in [2.75, 3.05) is 26.2 Å². The molecule has 0 aliphatic carbocycles. The molecule has 28 heavy (non-hydrogen) atoms. The fraction of sp³-hybridized carbons (Fsp3) is 0.545. The van der Waals surface area contributed by atoms with Crippen LogP contribution >= 0.6 is 11.3 Å². The predicted molar refractivity (Wildman–Crippen MR) is 111 cm³/mol. The topological polar surface area (TPSA) is 36.4 Å². The first-order valence-electron chi connectivity index (χ1n) is 10.3. The van der Waals surface area contributed by atoms with Crippen LogP contribution in [0.2, 0.25) is 0 Å². The van der Waals surface area contributed by atoms with Crippen molar-refractivity contribution in [3.63, 3.8) is 0 Å². The summed E-state index contributed by atoms with van der Waals surface area (Å²) >= 11 is 1.31. The Balaban J connectivity index is 1.45. The highest BCUT2D eigenvalue weighted by Gasteiger charge is 2.30. The normalized spacial score (nSPS) is 19.2. The Morgan fingerprint density at radius 3 is 2.54 bits per heavy atom. The molecular weight excluding hydrogens is 373 g/mol. The summed E-state index contributed by atoms with van der Waals surface area (Å²) in [5.74, 6) is -0.243. The van der Waals surface area contributed by atoms with Gasteiger partial charge in [0.15, 0.2) is 0 Å². The number of rotatable bonds is 3. The quantitative estimate of drug-likeness (QED) is 0.751. The number of likely N-dealkylation sites (tertiary alicyclic amines) is 2. The Morgan fingerprint density at radius 1 is 1.11 bits per heavy atom. The van der Waals surface area contributed by atoms with Crippen molar-refractivity contribution in [3.05, 3.63) is 40.2 Å². The summed E-state index contributed by atoms with van der Waals surface area (Å²) in [5, 5.41) is 0.588. The van der Waals surface area contributed by atoms with Crippen LogP contribution in [0.3, 0.4) is 0 Å². The summed E-state index contributed by atoms with van der Waals surface area (Å²) in [6.07, 6.45) is 6.04. The van der Waals surface area contributed by atoms with Gasteiger partial charge in [-0.1, -0.05) is 18.1 Å². The van der Waals surface area contributed by atoms with Crippen LogP contribution in [0.4, 0.5) is 4.39 Å². The van der Waals surface area contributed by atoms with Gasteiger partial charge in [-0.15, -0.1) is 11.3 Å². The highest BCUT2D eigenvalue weighted by Crippen LogP contribution is 2.32. The molecule has 1 aromatic heterocycles.